The van der Waals surface area contributed by atoms with E-state index in [0.717, 1.165) is 51.4 Å². The van der Waals surface area contributed by atoms with E-state index in [1.165, 1.54) is 5.57 Å². The zero-order valence-electron chi connectivity index (χ0n) is 15.4. The van der Waals surface area contributed by atoms with Crippen LogP contribution in [0.5, 0.6) is 0 Å². The Balaban J connectivity index is 1.49. The van der Waals surface area contributed by atoms with Gasteiger partial charge in [-0.1, -0.05) is 18.6 Å². The molecule has 1 saturated heterocycles. The molecule has 140 valence electrons. The Labute approximate surface area is 150 Å². The van der Waals surface area contributed by atoms with Crippen molar-refractivity contribution >= 4 is 0 Å². The molecule has 6 unspecified atom stereocenters. The van der Waals surface area contributed by atoms with Gasteiger partial charge in [0.25, 0.3) is 0 Å². The van der Waals surface area contributed by atoms with Crippen molar-refractivity contribution in [3.63, 3.8) is 0 Å². The minimum absolute atomic E-state index is 0.0711. The van der Waals surface area contributed by atoms with Gasteiger partial charge in [0.1, 0.15) is 0 Å². The van der Waals surface area contributed by atoms with E-state index in [2.05, 4.69) is 13.0 Å². The van der Waals surface area contributed by atoms with Crippen LogP contribution in [0.4, 0.5) is 0 Å². The van der Waals surface area contributed by atoms with Gasteiger partial charge in [-0.05, 0) is 61.7 Å². The summed E-state index contributed by atoms with van der Waals surface area (Å²) >= 11 is 0. The number of rotatable bonds is 1. The van der Waals surface area contributed by atoms with E-state index in [0.29, 0.717) is 31.0 Å². The van der Waals surface area contributed by atoms with Gasteiger partial charge in [-0.2, -0.15) is 0 Å². The van der Waals surface area contributed by atoms with Gasteiger partial charge in [-0.15, -0.1) is 0 Å². The average molecular weight is 348 g/mol. The predicted molar refractivity (Wildman–Crippen MR) is 93.8 cm³/mol. The summed E-state index contributed by atoms with van der Waals surface area (Å²) in [7, 11) is 0. The van der Waals surface area contributed by atoms with Crippen LogP contribution in [0.25, 0.3) is 0 Å². The summed E-state index contributed by atoms with van der Waals surface area (Å²) < 4.78 is 12.0. The SMILES string of the molecule is CC12CCC3C(CC=C4CC5(CCC43CO)OCCO5)C1CCC2O. The molecule has 3 saturated carbocycles. The highest BCUT2D eigenvalue weighted by molar-refractivity contribution is 5.28. The van der Waals surface area contributed by atoms with Crippen molar-refractivity contribution in [1.82, 2.24) is 0 Å². The highest BCUT2D eigenvalue weighted by Gasteiger charge is 2.61. The second-order valence-electron chi connectivity index (χ2n) is 9.58. The first-order chi connectivity index (χ1) is 12.0. The van der Waals surface area contributed by atoms with Gasteiger partial charge < -0.3 is 19.7 Å². The molecule has 4 nitrogen and oxygen atoms in total. The fourth-order valence-corrected chi connectivity index (χ4v) is 7.42. The molecule has 6 atom stereocenters. The number of fused-ring (bicyclic) bond motifs is 5. The van der Waals surface area contributed by atoms with Crippen molar-refractivity contribution in [3.05, 3.63) is 11.6 Å². The van der Waals surface area contributed by atoms with Crippen molar-refractivity contribution in [2.75, 3.05) is 19.8 Å². The molecule has 0 aromatic heterocycles. The third-order valence-electron chi connectivity index (χ3n) is 8.88. The van der Waals surface area contributed by atoms with E-state index in [1.54, 1.807) is 0 Å². The summed E-state index contributed by atoms with van der Waals surface area (Å²) in [5.74, 6) is 1.37. The Hall–Kier alpha value is -0.420. The van der Waals surface area contributed by atoms with Gasteiger partial charge in [0.15, 0.2) is 5.79 Å². The highest BCUT2D eigenvalue weighted by Crippen LogP contribution is 2.65. The van der Waals surface area contributed by atoms with E-state index >= 15 is 0 Å². The van der Waals surface area contributed by atoms with Gasteiger partial charge in [-0.25, -0.2) is 0 Å². The topological polar surface area (TPSA) is 58.9 Å². The van der Waals surface area contributed by atoms with Crippen LogP contribution in [0.3, 0.4) is 0 Å². The molecule has 0 amide bonds. The van der Waals surface area contributed by atoms with Crippen LogP contribution in [-0.4, -0.2) is 41.9 Å². The molecule has 4 fully saturated rings. The fourth-order valence-electron chi connectivity index (χ4n) is 7.42. The maximum Gasteiger partial charge on any atom is 0.172 e. The molecule has 0 aromatic carbocycles. The van der Waals surface area contributed by atoms with E-state index in [1.807, 2.05) is 0 Å². The lowest BCUT2D eigenvalue weighted by Crippen LogP contribution is -2.55. The lowest BCUT2D eigenvalue weighted by Gasteiger charge is -2.59. The molecule has 4 aliphatic carbocycles. The molecule has 1 heterocycles. The van der Waals surface area contributed by atoms with Crippen molar-refractivity contribution < 1.29 is 19.7 Å². The number of aliphatic hydroxyl groups is 2. The average Bonchev–Trinajstić information content (AvgIpc) is 3.19. The van der Waals surface area contributed by atoms with Gasteiger partial charge in [0.2, 0.25) is 0 Å². The second-order valence-corrected chi connectivity index (χ2v) is 9.58. The highest BCUT2D eigenvalue weighted by atomic mass is 16.7. The number of ether oxygens (including phenoxy) is 2. The monoisotopic (exact) mass is 348 g/mol. The Morgan fingerprint density at radius 3 is 2.64 bits per heavy atom. The molecule has 0 bridgehead atoms. The number of hydrogen-bond acceptors (Lipinski definition) is 4. The van der Waals surface area contributed by atoms with Crippen LogP contribution >= 0.6 is 0 Å². The number of allylic oxidation sites excluding steroid dienone is 1. The molecule has 1 aliphatic heterocycles. The Kier molecular flexibility index (Phi) is 3.71. The summed E-state index contributed by atoms with van der Waals surface area (Å²) in [5.41, 5.74) is 1.42. The van der Waals surface area contributed by atoms with E-state index in [-0.39, 0.29) is 23.5 Å². The smallest absolute Gasteiger partial charge is 0.172 e. The van der Waals surface area contributed by atoms with Crippen LogP contribution < -0.4 is 0 Å². The van der Waals surface area contributed by atoms with E-state index < -0.39 is 5.79 Å². The third kappa shape index (κ3) is 2.14. The predicted octanol–water partition coefficient (Wildman–Crippen LogP) is 3.03. The molecule has 0 radical (unpaired) electrons. The fraction of sp³-hybridized carbons (Fsp3) is 0.905. The van der Waals surface area contributed by atoms with Crippen molar-refractivity contribution in [3.8, 4) is 0 Å². The van der Waals surface area contributed by atoms with Gasteiger partial charge in [0.05, 0.1) is 25.9 Å². The summed E-state index contributed by atoms with van der Waals surface area (Å²) in [4.78, 5) is 0. The summed E-state index contributed by atoms with van der Waals surface area (Å²) in [5, 5.41) is 21.1. The standard InChI is InChI=1S/C21H32O4/c1-19-7-6-17-15(16(19)4-5-18(19)23)3-2-14-12-21(24-10-11-25-21)9-8-20(14,17)13-22/h2,15-18,22-23H,3-13H2,1H3. The Morgan fingerprint density at radius 2 is 1.88 bits per heavy atom. The maximum absolute atomic E-state index is 10.6. The molecule has 0 aromatic rings. The van der Waals surface area contributed by atoms with Crippen molar-refractivity contribution in [1.29, 1.82) is 0 Å². The van der Waals surface area contributed by atoms with Crippen LogP contribution in [0, 0.1) is 28.6 Å². The minimum Gasteiger partial charge on any atom is -0.395 e. The third-order valence-corrected chi connectivity index (χ3v) is 8.88. The second kappa shape index (κ2) is 5.54. The quantitative estimate of drug-likeness (QED) is 0.715. The molecular weight excluding hydrogens is 316 g/mol. The van der Waals surface area contributed by atoms with Crippen LogP contribution in [0.1, 0.15) is 58.3 Å². The van der Waals surface area contributed by atoms with E-state index in [9.17, 15) is 10.2 Å². The first-order valence-corrected chi connectivity index (χ1v) is 10.3. The van der Waals surface area contributed by atoms with Gasteiger partial charge in [-0.3, -0.25) is 0 Å². The molecule has 25 heavy (non-hydrogen) atoms. The zero-order chi connectivity index (χ0) is 17.3. The van der Waals surface area contributed by atoms with Crippen molar-refractivity contribution in [2.24, 2.45) is 28.6 Å². The van der Waals surface area contributed by atoms with Crippen molar-refractivity contribution in [2.45, 2.75) is 70.2 Å². The Bertz CT molecular complexity index is 580. The first-order valence-electron chi connectivity index (χ1n) is 10.3. The molecule has 5 rings (SSSR count). The first kappa shape index (κ1) is 16.7. The largest absolute Gasteiger partial charge is 0.395 e. The molecular formula is C21H32O4. The number of hydrogen-bond donors (Lipinski definition) is 2. The summed E-state index contributed by atoms with van der Waals surface area (Å²) in [6.07, 6.45) is 10.4. The van der Waals surface area contributed by atoms with Crippen LogP contribution in [0.15, 0.2) is 11.6 Å². The van der Waals surface area contributed by atoms with Gasteiger partial charge in [0, 0.05) is 18.3 Å². The van der Waals surface area contributed by atoms with Crippen LogP contribution in [-0.2, 0) is 9.47 Å². The molecule has 2 N–H and O–H groups in total. The van der Waals surface area contributed by atoms with Crippen LogP contribution in [0.2, 0.25) is 0 Å². The minimum atomic E-state index is -0.413. The van der Waals surface area contributed by atoms with E-state index in [4.69, 9.17) is 9.47 Å². The Morgan fingerprint density at radius 1 is 1.08 bits per heavy atom. The lowest BCUT2D eigenvalue weighted by molar-refractivity contribution is -0.191. The molecule has 1 spiro atoms. The summed E-state index contributed by atoms with van der Waals surface area (Å²) in [6.45, 7) is 3.96. The normalized spacial score (nSPS) is 50.9. The number of aliphatic hydroxyl groups excluding tert-OH is 2. The van der Waals surface area contributed by atoms with Gasteiger partial charge >= 0.3 is 0 Å². The zero-order valence-corrected chi connectivity index (χ0v) is 15.4. The maximum atomic E-state index is 10.6. The molecule has 5 aliphatic rings. The molecule has 4 heteroatoms. The summed E-state index contributed by atoms with van der Waals surface area (Å²) in [6, 6.07) is 0. The lowest BCUT2D eigenvalue weighted by atomic mass is 9.47.